The Balaban J connectivity index is 1.64. The number of anilines is 1. The van der Waals surface area contributed by atoms with Crippen molar-refractivity contribution in [3.8, 4) is 11.3 Å². The number of nitrogens with zero attached hydrogens (tertiary/aromatic N) is 2. The van der Waals surface area contributed by atoms with Crippen LogP contribution < -0.4 is 11.5 Å². The number of nitrogen functional groups attached to an aromatic ring is 1. The number of aliphatic hydroxyl groups is 1. The standard InChI is InChI=1S/C25H26F2N4O2/c1-13-9-14(10-20(29)25(13)33)16-7-8-30-12-15(16)11-22(32)24-19(28)5-6-21(31-24)23-17(26)3-2-4-18(23)27/h2-8,12-14,20,25,33H,9-11,28-29H2,1H3/t13-,14+,20-,25+/m1/s1. The molecule has 1 saturated carbocycles. The highest BCUT2D eigenvalue weighted by atomic mass is 19.1. The highest BCUT2D eigenvalue weighted by Gasteiger charge is 2.34. The zero-order valence-corrected chi connectivity index (χ0v) is 18.2. The molecular weight excluding hydrogens is 426 g/mol. The first-order valence-corrected chi connectivity index (χ1v) is 10.9. The number of pyridine rings is 2. The van der Waals surface area contributed by atoms with Crippen LogP contribution in [0.25, 0.3) is 11.3 Å². The lowest BCUT2D eigenvalue weighted by Crippen LogP contribution is -2.44. The number of carbonyl (C=O) groups is 1. The maximum Gasteiger partial charge on any atom is 0.187 e. The van der Waals surface area contributed by atoms with E-state index in [1.807, 2.05) is 13.0 Å². The summed E-state index contributed by atoms with van der Waals surface area (Å²) < 4.78 is 28.5. The van der Waals surface area contributed by atoms with Gasteiger partial charge < -0.3 is 16.6 Å². The summed E-state index contributed by atoms with van der Waals surface area (Å²) in [6, 6.07) is 7.86. The fourth-order valence-electron chi connectivity index (χ4n) is 4.64. The van der Waals surface area contributed by atoms with E-state index in [0.29, 0.717) is 12.0 Å². The molecule has 1 aliphatic rings. The van der Waals surface area contributed by atoms with Crippen LogP contribution in [0.2, 0.25) is 0 Å². The van der Waals surface area contributed by atoms with Crippen molar-refractivity contribution in [1.82, 2.24) is 9.97 Å². The van der Waals surface area contributed by atoms with Gasteiger partial charge in [-0.2, -0.15) is 0 Å². The smallest absolute Gasteiger partial charge is 0.187 e. The number of aromatic nitrogens is 2. The molecule has 172 valence electrons. The van der Waals surface area contributed by atoms with E-state index in [1.165, 1.54) is 18.2 Å². The average Bonchev–Trinajstić information content (AvgIpc) is 2.78. The van der Waals surface area contributed by atoms with Gasteiger partial charge >= 0.3 is 0 Å². The number of aliphatic hydroxyl groups excluding tert-OH is 1. The number of rotatable bonds is 5. The molecule has 4 atom stereocenters. The minimum absolute atomic E-state index is 0.00405. The van der Waals surface area contributed by atoms with Gasteiger partial charge in [-0.25, -0.2) is 13.8 Å². The summed E-state index contributed by atoms with van der Waals surface area (Å²) in [7, 11) is 0. The van der Waals surface area contributed by atoms with E-state index in [1.54, 1.807) is 12.4 Å². The Labute approximate surface area is 190 Å². The number of nitrogens with two attached hydrogens (primary N) is 2. The molecule has 8 heteroatoms. The molecule has 4 rings (SSSR count). The Kier molecular flexibility index (Phi) is 6.49. The third-order valence-corrected chi connectivity index (χ3v) is 6.38. The number of hydrogen-bond acceptors (Lipinski definition) is 6. The van der Waals surface area contributed by atoms with E-state index in [0.717, 1.165) is 24.1 Å². The van der Waals surface area contributed by atoms with E-state index in [4.69, 9.17) is 11.5 Å². The largest absolute Gasteiger partial charge is 0.397 e. The molecule has 2 heterocycles. The molecule has 6 nitrogen and oxygen atoms in total. The SMILES string of the molecule is C[C@@H]1C[C@H](c2ccncc2CC(=O)c2nc(-c3c(F)cccc3F)ccc2N)C[C@@H](N)[C@H]1O. The molecule has 2 aromatic heterocycles. The van der Waals surface area contributed by atoms with Crippen molar-refractivity contribution in [3.63, 3.8) is 0 Å². The summed E-state index contributed by atoms with van der Waals surface area (Å²) in [5.41, 5.74) is 13.6. The molecule has 0 amide bonds. The van der Waals surface area contributed by atoms with Crippen LogP contribution in [0.1, 0.15) is 47.3 Å². The summed E-state index contributed by atoms with van der Waals surface area (Å²) in [4.78, 5) is 21.6. The van der Waals surface area contributed by atoms with Crippen molar-refractivity contribution in [2.45, 2.75) is 44.2 Å². The molecule has 5 N–H and O–H groups in total. The zero-order valence-electron chi connectivity index (χ0n) is 18.2. The Morgan fingerprint density at radius 1 is 1.15 bits per heavy atom. The van der Waals surface area contributed by atoms with Crippen molar-refractivity contribution in [2.24, 2.45) is 11.7 Å². The third-order valence-electron chi connectivity index (χ3n) is 6.38. The Morgan fingerprint density at radius 2 is 1.88 bits per heavy atom. The first-order chi connectivity index (χ1) is 15.8. The van der Waals surface area contributed by atoms with E-state index < -0.39 is 17.7 Å². The van der Waals surface area contributed by atoms with E-state index in [2.05, 4.69) is 9.97 Å². The van der Waals surface area contributed by atoms with E-state index in [9.17, 15) is 18.7 Å². The molecule has 0 spiro atoms. The number of carbonyl (C=O) groups excluding carboxylic acids is 1. The van der Waals surface area contributed by atoms with Gasteiger partial charge in [0.05, 0.1) is 23.0 Å². The molecule has 33 heavy (non-hydrogen) atoms. The normalized spacial score (nSPS) is 22.8. The van der Waals surface area contributed by atoms with Crippen LogP contribution >= 0.6 is 0 Å². The highest BCUT2D eigenvalue weighted by Crippen LogP contribution is 2.37. The lowest BCUT2D eigenvalue weighted by Gasteiger charge is -2.36. The van der Waals surface area contributed by atoms with Gasteiger partial charge in [-0.3, -0.25) is 9.78 Å². The van der Waals surface area contributed by atoms with E-state index >= 15 is 0 Å². The fourth-order valence-corrected chi connectivity index (χ4v) is 4.64. The molecule has 1 fully saturated rings. The quantitative estimate of drug-likeness (QED) is 0.509. The molecule has 1 aliphatic carbocycles. The van der Waals surface area contributed by atoms with Crippen LogP contribution in [0.3, 0.4) is 0 Å². The number of Topliss-reactive ketones (excluding diaryl/α,β-unsaturated/α-hetero) is 1. The van der Waals surface area contributed by atoms with Crippen molar-refractivity contribution in [2.75, 3.05) is 5.73 Å². The van der Waals surface area contributed by atoms with Gasteiger partial charge in [0.25, 0.3) is 0 Å². The minimum Gasteiger partial charge on any atom is -0.397 e. The van der Waals surface area contributed by atoms with Gasteiger partial charge in [-0.15, -0.1) is 0 Å². The van der Waals surface area contributed by atoms with Crippen LogP contribution in [0.15, 0.2) is 48.8 Å². The topological polar surface area (TPSA) is 115 Å². The van der Waals surface area contributed by atoms with Gasteiger partial charge in [0.15, 0.2) is 5.78 Å². The summed E-state index contributed by atoms with van der Waals surface area (Å²) in [6.07, 6.45) is 4.05. The molecule has 0 saturated heterocycles. The predicted octanol–water partition coefficient (Wildman–Crippen LogP) is 3.63. The van der Waals surface area contributed by atoms with Gasteiger partial charge in [-0.05, 0) is 66.1 Å². The molecular formula is C25H26F2N4O2. The molecule has 3 aromatic rings. The Morgan fingerprint density at radius 3 is 2.58 bits per heavy atom. The van der Waals surface area contributed by atoms with Crippen molar-refractivity contribution in [1.29, 1.82) is 0 Å². The van der Waals surface area contributed by atoms with Crippen molar-refractivity contribution < 1.29 is 18.7 Å². The second kappa shape index (κ2) is 9.33. The van der Waals surface area contributed by atoms with Crippen molar-refractivity contribution in [3.05, 3.63) is 77.2 Å². The number of halogens is 2. The van der Waals surface area contributed by atoms with Crippen LogP contribution in [0.4, 0.5) is 14.5 Å². The van der Waals surface area contributed by atoms with Gasteiger partial charge in [-0.1, -0.05) is 13.0 Å². The minimum atomic E-state index is -0.773. The number of hydrogen-bond donors (Lipinski definition) is 3. The second-order valence-electron chi connectivity index (χ2n) is 8.71. The maximum absolute atomic E-state index is 14.2. The van der Waals surface area contributed by atoms with Crippen molar-refractivity contribution >= 4 is 11.5 Å². The number of ketones is 1. The average molecular weight is 453 g/mol. The van der Waals surface area contributed by atoms with Gasteiger partial charge in [0, 0.05) is 24.9 Å². The lowest BCUT2D eigenvalue weighted by atomic mass is 9.74. The van der Waals surface area contributed by atoms with Crippen LogP contribution in [0, 0.1) is 17.6 Å². The highest BCUT2D eigenvalue weighted by molar-refractivity contribution is 6.00. The van der Waals surface area contributed by atoms with Gasteiger partial charge in [0.1, 0.15) is 17.3 Å². The molecule has 0 bridgehead atoms. The summed E-state index contributed by atoms with van der Waals surface area (Å²) in [5, 5.41) is 10.2. The lowest BCUT2D eigenvalue weighted by molar-refractivity contribution is 0.0519. The summed E-state index contributed by atoms with van der Waals surface area (Å²) >= 11 is 0. The molecule has 0 radical (unpaired) electrons. The third kappa shape index (κ3) is 4.62. The number of benzene rings is 1. The molecule has 1 aromatic carbocycles. The van der Waals surface area contributed by atoms with Crippen LogP contribution in [-0.4, -0.2) is 33.0 Å². The fraction of sp³-hybridized carbons (Fsp3) is 0.320. The maximum atomic E-state index is 14.2. The van der Waals surface area contributed by atoms with Crippen LogP contribution in [-0.2, 0) is 6.42 Å². The first kappa shape index (κ1) is 22.9. The predicted molar refractivity (Wildman–Crippen MR) is 121 cm³/mol. The Bertz CT molecular complexity index is 1150. The van der Waals surface area contributed by atoms with Gasteiger partial charge in [0.2, 0.25) is 0 Å². The molecule has 0 aliphatic heterocycles. The summed E-state index contributed by atoms with van der Waals surface area (Å²) in [5.74, 6) is -1.82. The monoisotopic (exact) mass is 452 g/mol. The summed E-state index contributed by atoms with van der Waals surface area (Å²) in [6.45, 7) is 1.96. The van der Waals surface area contributed by atoms with E-state index in [-0.39, 0.29) is 52.7 Å². The Hall–Kier alpha value is -3.23. The van der Waals surface area contributed by atoms with Crippen LogP contribution in [0.5, 0.6) is 0 Å². The molecule has 0 unspecified atom stereocenters. The first-order valence-electron chi connectivity index (χ1n) is 10.9. The zero-order chi connectivity index (χ0) is 23.7. The second-order valence-corrected chi connectivity index (χ2v) is 8.71.